The minimum atomic E-state index is -4.02. The highest BCUT2D eigenvalue weighted by Crippen LogP contribution is 2.23. The van der Waals surface area contributed by atoms with Gasteiger partial charge in [-0.1, -0.05) is 33.6 Å². The van der Waals surface area contributed by atoms with Crippen LogP contribution >= 0.6 is 15.9 Å². The monoisotopic (exact) mass is 469 g/mol. The van der Waals surface area contributed by atoms with Gasteiger partial charge in [0, 0.05) is 11.0 Å². The van der Waals surface area contributed by atoms with Crippen molar-refractivity contribution in [1.29, 1.82) is 0 Å². The number of esters is 2. The summed E-state index contributed by atoms with van der Waals surface area (Å²) >= 11 is 3.31. The van der Waals surface area contributed by atoms with Crippen LogP contribution in [0.1, 0.15) is 21.5 Å². The topological polar surface area (TPSA) is 90.0 Å². The van der Waals surface area contributed by atoms with Crippen LogP contribution in [0.15, 0.2) is 51.8 Å². The molecule has 0 aliphatic carbocycles. The van der Waals surface area contributed by atoms with Crippen molar-refractivity contribution in [1.82, 2.24) is 4.31 Å². The number of hydrogen-bond acceptors (Lipinski definition) is 6. The first-order valence-electron chi connectivity index (χ1n) is 8.19. The molecule has 0 heterocycles. The van der Waals surface area contributed by atoms with Crippen molar-refractivity contribution >= 4 is 37.9 Å². The van der Waals surface area contributed by atoms with Crippen LogP contribution in [0.3, 0.4) is 0 Å². The summed E-state index contributed by atoms with van der Waals surface area (Å²) in [6.07, 6.45) is 0. The molecule has 28 heavy (non-hydrogen) atoms. The fourth-order valence-corrected chi connectivity index (χ4v) is 4.26. The van der Waals surface area contributed by atoms with E-state index in [-0.39, 0.29) is 17.0 Å². The lowest BCUT2D eigenvalue weighted by Gasteiger charge is -2.22. The number of aryl methyl sites for hydroxylation is 1. The Kier molecular flexibility index (Phi) is 7.34. The van der Waals surface area contributed by atoms with Crippen LogP contribution in [0.5, 0.6) is 0 Å². The van der Waals surface area contributed by atoms with Gasteiger partial charge in [0.2, 0.25) is 10.0 Å². The van der Waals surface area contributed by atoms with Gasteiger partial charge in [-0.2, -0.15) is 4.31 Å². The summed E-state index contributed by atoms with van der Waals surface area (Å²) in [5, 5.41) is 0. The molecule has 2 aromatic carbocycles. The standard InChI is InChI=1S/C19H20BrNO6S/c1-13-4-7-16(8-5-13)28(24,25)21(12-18(22)26-2)11-14-10-15(20)6-9-17(14)19(23)27-3/h4-10H,11-12H2,1-3H3. The maximum Gasteiger partial charge on any atom is 0.338 e. The van der Waals surface area contributed by atoms with Crippen molar-refractivity contribution < 1.29 is 27.5 Å². The first kappa shape index (κ1) is 22.1. The molecule has 0 bridgehead atoms. The van der Waals surface area contributed by atoms with Gasteiger partial charge in [-0.05, 0) is 42.8 Å². The lowest BCUT2D eigenvalue weighted by Crippen LogP contribution is -2.36. The smallest absolute Gasteiger partial charge is 0.338 e. The zero-order valence-electron chi connectivity index (χ0n) is 15.6. The molecule has 9 heteroatoms. The van der Waals surface area contributed by atoms with Gasteiger partial charge < -0.3 is 9.47 Å². The Hall–Kier alpha value is -2.23. The van der Waals surface area contributed by atoms with Crippen molar-refractivity contribution in [2.24, 2.45) is 0 Å². The van der Waals surface area contributed by atoms with Crippen LogP contribution < -0.4 is 0 Å². The molecule has 2 aromatic rings. The Morgan fingerprint density at radius 2 is 1.68 bits per heavy atom. The summed E-state index contributed by atoms with van der Waals surface area (Å²) in [5.74, 6) is -1.32. The van der Waals surface area contributed by atoms with E-state index in [2.05, 4.69) is 20.7 Å². The molecule has 0 N–H and O–H groups in total. The number of hydrogen-bond donors (Lipinski definition) is 0. The maximum atomic E-state index is 13.1. The Labute approximate surface area is 172 Å². The molecular formula is C19H20BrNO6S. The van der Waals surface area contributed by atoms with Crippen molar-refractivity contribution in [3.63, 3.8) is 0 Å². The number of halogens is 1. The van der Waals surface area contributed by atoms with Crippen LogP contribution in [-0.2, 0) is 30.8 Å². The van der Waals surface area contributed by atoms with E-state index in [1.165, 1.54) is 32.4 Å². The summed E-state index contributed by atoms with van der Waals surface area (Å²) in [7, 11) is -1.60. The Morgan fingerprint density at radius 3 is 2.25 bits per heavy atom. The van der Waals surface area contributed by atoms with Gasteiger partial charge in [0.1, 0.15) is 6.54 Å². The van der Waals surface area contributed by atoms with E-state index in [0.717, 1.165) is 9.87 Å². The summed E-state index contributed by atoms with van der Waals surface area (Å²) < 4.78 is 37.3. The second kappa shape index (κ2) is 9.31. The number of methoxy groups -OCH3 is 2. The fraction of sp³-hybridized carbons (Fsp3) is 0.263. The van der Waals surface area contributed by atoms with Crippen LogP contribution in [0, 0.1) is 6.92 Å². The lowest BCUT2D eigenvalue weighted by atomic mass is 10.1. The fourth-order valence-electron chi connectivity index (χ4n) is 2.49. The molecular weight excluding hydrogens is 450 g/mol. The second-order valence-electron chi connectivity index (χ2n) is 5.96. The zero-order valence-corrected chi connectivity index (χ0v) is 18.0. The molecule has 0 spiro atoms. The Morgan fingerprint density at radius 1 is 1.04 bits per heavy atom. The first-order chi connectivity index (χ1) is 13.2. The number of ether oxygens (including phenoxy) is 2. The van der Waals surface area contributed by atoms with Gasteiger partial charge in [0.15, 0.2) is 0 Å². The van der Waals surface area contributed by atoms with Crippen molar-refractivity contribution in [3.8, 4) is 0 Å². The highest BCUT2D eigenvalue weighted by Gasteiger charge is 2.29. The Balaban J connectivity index is 2.50. The van der Waals surface area contributed by atoms with Gasteiger partial charge in [-0.3, -0.25) is 4.79 Å². The molecule has 0 aliphatic heterocycles. The average molecular weight is 470 g/mol. The minimum absolute atomic E-state index is 0.0385. The molecule has 0 aliphatic rings. The summed E-state index contributed by atoms with van der Waals surface area (Å²) in [6.45, 7) is 1.13. The number of sulfonamides is 1. The molecule has 7 nitrogen and oxygen atoms in total. The second-order valence-corrected chi connectivity index (χ2v) is 8.81. The minimum Gasteiger partial charge on any atom is -0.468 e. The van der Waals surface area contributed by atoms with Gasteiger partial charge >= 0.3 is 11.9 Å². The summed E-state index contributed by atoms with van der Waals surface area (Å²) in [5.41, 5.74) is 1.50. The third kappa shape index (κ3) is 5.18. The van der Waals surface area contributed by atoms with E-state index in [0.29, 0.717) is 10.0 Å². The van der Waals surface area contributed by atoms with Crippen LogP contribution in [0.2, 0.25) is 0 Å². The third-order valence-corrected chi connectivity index (χ3v) is 6.31. The predicted molar refractivity (Wildman–Crippen MR) is 106 cm³/mol. The molecule has 0 fully saturated rings. The lowest BCUT2D eigenvalue weighted by molar-refractivity contribution is -0.140. The van der Waals surface area contributed by atoms with Gasteiger partial charge in [0.05, 0.1) is 24.7 Å². The molecule has 0 atom stereocenters. The van der Waals surface area contributed by atoms with Crippen LogP contribution in [0.4, 0.5) is 0 Å². The van der Waals surface area contributed by atoms with Crippen molar-refractivity contribution in [2.45, 2.75) is 18.4 Å². The van der Waals surface area contributed by atoms with Gasteiger partial charge in [-0.15, -0.1) is 0 Å². The molecule has 0 saturated heterocycles. The first-order valence-corrected chi connectivity index (χ1v) is 10.4. The van der Waals surface area contributed by atoms with E-state index < -0.39 is 28.5 Å². The molecule has 2 rings (SSSR count). The SMILES string of the molecule is COC(=O)CN(Cc1cc(Br)ccc1C(=O)OC)S(=O)(=O)c1ccc(C)cc1. The molecule has 0 saturated carbocycles. The maximum absolute atomic E-state index is 13.1. The highest BCUT2D eigenvalue weighted by molar-refractivity contribution is 9.10. The molecule has 0 unspecified atom stereocenters. The van der Waals surface area contributed by atoms with E-state index in [9.17, 15) is 18.0 Å². The molecule has 0 radical (unpaired) electrons. The molecule has 0 amide bonds. The quantitative estimate of drug-likeness (QED) is 0.579. The van der Waals surface area contributed by atoms with Crippen molar-refractivity contribution in [2.75, 3.05) is 20.8 Å². The number of nitrogens with zero attached hydrogens (tertiary/aromatic N) is 1. The molecule has 150 valence electrons. The zero-order chi connectivity index (χ0) is 20.9. The highest BCUT2D eigenvalue weighted by atomic mass is 79.9. The van der Waals surface area contributed by atoms with E-state index in [1.807, 2.05) is 6.92 Å². The normalized spacial score (nSPS) is 11.3. The number of carbonyl (C=O) groups is 2. The predicted octanol–water partition coefficient (Wildman–Crippen LogP) is 2.91. The Bertz CT molecular complexity index is 972. The summed E-state index contributed by atoms with van der Waals surface area (Å²) in [4.78, 5) is 24.0. The van der Waals surface area contributed by atoms with E-state index >= 15 is 0 Å². The van der Waals surface area contributed by atoms with Gasteiger partial charge in [-0.25, -0.2) is 13.2 Å². The third-order valence-electron chi connectivity index (χ3n) is 4.01. The van der Waals surface area contributed by atoms with Crippen molar-refractivity contribution in [3.05, 3.63) is 63.6 Å². The van der Waals surface area contributed by atoms with Gasteiger partial charge in [0.25, 0.3) is 0 Å². The van der Waals surface area contributed by atoms with E-state index in [4.69, 9.17) is 4.74 Å². The molecule has 0 aromatic heterocycles. The van der Waals surface area contributed by atoms with Crippen LogP contribution in [-0.4, -0.2) is 45.4 Å². The van der Waals surface area contributed by atoms with Crippen LogP contribution in [0.25, 0.3) is 0 Å². The number of benzene rings is 2. The number of carbonyl (C=O) groups excluding carboxylic acids is 2. The summed E-state index contributed by atoms with van der Waals surface area (Å²) in [6, 6.07) is 11.1. The number of rotatable bonds is 7. The largest absolute Gasteiger partial charge is 0.468 e. The average Bonchev–Trinajstić information content (AvgIpc) is 2.67. The van der Waals surface area contributed by atoms with E-state index in [1.54, 1.807) is 24.3 Å².